The van der Waals surface area contributed by atoms with E-state index in [1.54, 1.807) is 0 Å². The molecule has 0 aliphatic carbocycles. The van der Waals surface area contributed by atoms with Crippen LogP contribution in [0.2, 0.25) is 0 Å². The van der Waals surface area contributed by atoms with Crippen molar-refractivity contribution in [3.63, 3.8) is 0 Å². The van der Waals surface area contributed by atoms with Crippen molar-refractivity contribution in [3.05, 3.63) is 28.8 Å². The Morgan fingerprint density at radius 1 is 0.920 bits per heavy atom. The molecule has 4 aliphatic heterocycles. The van der Waals surface area contributed by atoms with Gasteiger partial charge in [-0.05, 0) is 0 Å². The summed E-state index contributed by atoms with van der Waals surface area (Å²) in [6.07, 6.45) is 0. The number of hydrogen-bond donors (Lipinski definition) is 1. The van der Waals surface area contributed by atoms with Gasteiger partial charge in [-0.25, -0.2) is 17.6 Å². The van der Waals surface area contributed by atoms with Crippen molar-refractivity contribution in [2.24, 2.45) is 10.8 Å². The molecule has 1 aromatic rings. The molecular weight excluding hydrogens is 336 g/mol. The van der Waals surface area contributed by atoms with Crippen LogP contribution in [0, 0.1) is 45.4 Å². The van der Waals surface area contributed by atoms with Gasteiger partial charge in [0.1, 0.15) is 17.3 Å². The van der Waals surface area contributed by atoms with Crippen LogP contribution in [0.3, 0.4) is 0 Å². The zero-order valence-corrected chi connectivity index (χ0v) is 14.0. The average Bonchev–Trinajstić information content (AvgIpc) is 2.50. The Balaban J connectivity index is 1.77. The third-order valence-corrected chi connectivity index (χ3v) is 5.80. The van der Waals surface area contributed by atoms with E-state index in [4.69, 9.17) is 5.26 Å². The monoisotopic (exact) mass is 354 g/mol. The second-order valence-electron chi connectivity index (χ2n) is 8.12. The molecule has 0 saturated carbocycles. The van der Waals surface area contributed by atoms with Gasteiger partial charge in [0.25, 0.3) is 0 Å². The predicted molar refractivity (Wildman–Crippen MR) is 82.6 cm³/mol. The highest BCUT2D eigenvalue weighted by atomic mass is 19.2. The van der Waals surface area contributed by atoms with Crippen LogP contribution in [0.4, 0.5) is 23.2 Å². The fourth-order valence-corrected chi connectivity index (χ4v) is 5.29. The highest BCUT2D eigenvalue weighted by Crippen LogP contribution is 2.50. The Kier molecular flexibility index (Phi) is 3.38. The summed E-state index contributed by atoms with van der Waals surface area (Å²) in [5, 5.41) is 11.5. The van der Waals surface area contributed by atoms with Gasteiger partial charge >= 0.3 is 0 Å². The van der Waals surface area contributed by atoms with E-state index >= 15 is 0 Å². The molecule has 4 aliphatic rings. The number of anilines is 1. The topological polar surface area (TPSA) is 42.3 Å². The highest BCUT2D eigenvalue weighted by Gasteiger charge is 2.59. The zero-order chi connectivity index (χ0) is 18.1. The lowest BCUT2D eigenvalue weighted by Gasteiger charge is -2.67. The van der Waals surface area contributed by atoms with Gasteiger partial charge in [0.05, 0.1) is 6.67 Å². The van der Waals surface area contributed by atoms with E-state index in [1.807, 2.05) is 13.8 Å². The summed E-state index contributed by atoms with van der Waals surface area (Å²) < 4.78 is 56.6. The molecule has 1 aromatic carbocycles. The normalized spacial score (nSPS) is 38.7. The summed E-state index contributed by atoms with van der Waals surface area (Å²) in [6, 6.07) is 0.827. The summed E-state index contributed by atoms with van der Waals surface area (Å²) >= 11 is 0. The van der Waals surface area contributed by atoms with Crippen LogP contribution < -0.4 is 5.32 Å². The SMILES string of the molecule is CC12CN3CN(C1)CC(C)(C3)C2Nc1c(F)c(F)c(C#N)c(F)c1F. The van der Waals surface area contributed by atoms with E-state index in [2.05, 4.69) is 15.1 Å². The number of piperidine rings is 2. The van der Waals surface area contributed by atoms with Gasteiger partial charge in [0, 0.05) is 43.1 Å². The summed E-state index contributed by atoms with van der Waals surface area (Å²) in [7, 11) is 0. The Bertz CT molecular complexity index is 738. The Morgan fingerprint density at radius 3 is 1.76 bits per heavy atom. The van der Waals surface area contributed by atoms with Crippen molar-refractivity contribution in [2.75, 3.05) is 38.2 Å². The smallest absolute Gasteiger partial charge is 0.186 e. The first kappa shape index (κ1) is 16.6. The van der Waals surface area contributed by atoms with Crippen LogP contribution in [-0.2, 0) is 0 Å². The number of nitrogens with one attached hydrogen (secondary N) is 1. The van der Waals surface area contributed by atoms with Crippen LogP contribution >= 0.6 is 0 Å². The van der Waals surface area contributed by atoms with Gasteiger partial charge in [0.2, 0.25) is 0 Å². The molecule has 5 rings (SSSR count). The van der Waals surface area contributed by atoms with E-state index in [0.29, 0.717) is 0 Å². The van der Waals surface area contributed by atoms with Gasteiger partial charge in [0.15, 0.2) is 23.3 Å². The van der Waals surface area contributed by atoms with Gasteiger partial charge in [-0.1, -0.05) is 13.8 Å². The van der Waals surface area contributed by atoms with Crippen LogP contribution in [0.25, 0.3) is 0 Å². The molecule has 4 saturated heterocycles. The molecule has 0 unspecified atom stereocenters. The third kappa shape index (κ3) is 2.19. The van der Waals surface area contributed by atoms with Gasteiger partial charge < -0.3 is 5.32 Å². The number of nitrogens with zero attached hydrogens (tertiary/aromatic N) is 3. The highest BCUT2D eigenvalue weighted by molar-refractivity contribution is 5.53. The number of nitriles is 1. The molecule has 0 aromatic heterocycles. The first-order chi connectivity index (χ1) is 11.7. The van der Waals surface area contributed by atoms with Gasteiger partial charge in [-0.3, -0.25) is 9.80 Å². The van der Waals surface area contributed by atoms with E-state index in [1.165, 1.54) is 6.07 Å². The van der Waals surface area contributed by atoms with E-state index < -0.39 is 34.5 Å². The minimum Gasteiger partial charge on any atom is -0.376 e. The summed E-state index contributed by atoms with van der Waals surface area (Å²) in [5.41, 5.74) is -2.66. The number of hydrogen-bond acceptors (Lipinski definition) is 4. The van der Waals surface area contributed by atoms with Crippen LogP contribution in [0.1, 0.15) is 19.4 Å². The maximum atomic E-state index is 14.3. The van der Waals surface area contributed by atoms with Crippen molar-refractivity contribution in [1.29, 1.82) is 5.26 Å². The van der Waals surface area contributed by atoms with E-state index in [0.717, 1.165) is 32.8 Å². The lowest BCUT2D eigenvalue weighted by Crippen LogP contribution is -2.77. The molecule has 134 valence electrons. The van der Waals surface area contributed by atoms with Gasteiger partial charge in [-0.2, -0.15) is 5.26 Å². The predicted octanol–water partition coefficient (Wildman–Crippen LogP) is 2.51. The van der Waals surface area contributed by atoms with Crippen molar-refractivity contribution in [1.82, 2.24) is 9.80 Å². The molecule has 8 heteroatoms. The molecule has 0 spiro atoms. The van der Waals surface area contributed by atoms with Crippen LogP contribution in [0.5, 0.6) is 0 Å². The first-order valence-electron chi connectivity index (χ1n) is 8.16. The molecule has 0 atom stereocenters. The molecule has 4 fully saturated rings. The zero-order valence-electron chi connectivity index (χ0n) is 14.0. The van der Waals surface area contributed by atoms with Crippen molar-refractivity contribution < 1.29 is 17.6 Å². The third-order valence-electron chi connectivity index (χ3n) is 5.80. The Labute approximate surface area is 143 Å². The van der Waals surface area contributed by atoms with Crippen molar-refractivity contribution in [2.45, 2.75) is 19.9 Å². The average molecular weight is 354 g/mol. The van der Waals surface area contributed by atoms with Crippen molar-refractivity contribution >= 4 is 5.69 Å². The van der Waals surface area contributed by atoms with Gasteiger partial charge in [-0.15, -0.1) is 0 Å². The van der Waals surface area contributed by atoms with Crippen molar-refractivity contribution in [3.8, 4) is 6.07 Å². The first-order valence-corrected chi connectivity index (χ1v) is 8.16. The fraction of sp³-hybridized carbons (Fsp3) is 0.588. The number of halogens is 4. The van der Waals surface area contributed by atoms with E-state index in [9.17, 15) is 17.6 Å². The number of rotatable bonds is 2. The molecular formula is C17H18F4N4. The summed E-state index contributed by atoms with van der Waals surface area (Å²) in [6.45, 7) is 7.92. The second kappa shape index (κ2) is 5.08. The maximum absolute atomic E-state index is 14.3. The molecule has 0 radical (unpaired) electrons. The molecule has 1 N–H and O–H groups in total. The molecule has 4 bridgehead atoms. The summed E-state index contributed by atoms with van der Waals surface area (Å²) in [4.78, 5) is 4.58. The minimum atomic E-state index is -1.66. The lowest BCUT2D eigenvalue weighted by molar-refractivity contribution is -0.160. The Hall–Kier alpha value is -1.85. The van der Waals surface area contributed by atoms with Crippen LogP contribution in [0.15, 0.2) is 0 Å². The fourth-order valence-electron chi connectivity index (χ4n) is 5.29. The largest absolute Gasteiger partial charge is 0.376 e. The maximum Gasteiger partial charge on any atom is 0.186 e. The van der Waals surface area contributed by atoms with E-state index in [-0.39, 0.29) is 16.9 Å². The molecule has 4 nitrogen and oxygen atoms in total. The van der Waals surface area contributed by atoms with Crippen LogP contribution in [-0.4, -0.2) is 48.7 Å². The minimum absolute atomic E-state index is 0.302. The quantitative estimate of drug-likeness (QED) is 0.655. The molecule has 25 heavy (non-hydrogen) atoms. The summed E-state index contributed by atoms with van der Waals surface area (Å²) in [5.74, 6) is -6.40. The second-order valence-corrected chi connectivity index (χ2v) is 8.12. The molecule has 0 amide bonds. The standard InChI is InChI=1S/C17H18F4N4/c1-16-4-24-6-17(2,7-25(5-16)8-24)15(16)23-14-12(20)10(18)9(3-22)11(19)13(14)21/h15,23H,4-8H2,1-2H3. The number of benzene rings is 1. The molecule has 4 heterocycles. The Morgan fingerprint density at radius 2 is 1.36 bits per heavy atom. The lowest BCUT2D eigenvalue weighted by atomic mass is 9.60.